The Morgan fingerprint density at radius 3 is 3.12 bits per heavy atom. The van der Waals surface area contributed by atoms with E-state index >= 15 is 0 Å². The first-order valence-corrected chi connectivity index (χ1v) is 10.8. The highest BCUT2D eigenvalue weighted by Gasteiger charge is 2.30. The Morgan fingerprint density at radius 1 is 1.31 bits per heavy atom. The van der Waals surface area contributed by atoms with Crippen molar-refractivity contribution in [1.29, 1.82) is 0 Å². The van der Waals surface area contributed by atoms with Gasteiger partial charge in [-0.25, -0.2) is 9.97 Å². The molecule has 0 fully saturated rings. The third-order valence-electron chi connectivity index (χ3n) is 5.27. The van der Waals surface area contributed by atoms with Crippen molar-refractivity contribution in [3.8, 4) is 0 Å². The van der Waals surface area contributed by atoms with Crippen molar-refractivity contribution in [2.45, 2.75) is 43.7 Å². The van der Waals surface area contributed by atoms with E-state index in [1.165, 1.54) is 27.8 Å². The van der Waals surface area contributed by atoms with Gasteiger partial charge in [-0.05, 0) is 49.8 Å². The highest BCUT2D eigenvalue weighted by Crippen LogP contribution is 2.40. The molecular weight excluding hydrogens is 362 g/mol. The topological polar surface area (TPSA) is 46.1 Å². The summed E-state index contributed by atoms with van der Waals surface area (Å²) in [5.41, 5.74) is 3.74. The van der Waals surface area contributed by atoms with Crippen molar-refractivity contribution in [1.82, 2.24) is 9.97 Å². The number of thioether (sulfide) groups is 1. The van der Waals surface area contributed by atoms with Gasteiger partial charge >= 0.3 is 0 Å². The van der Waals surface area contributed by atoms with Gasteiger partial charge in [-0.1, -0.05) is 30.0 Å². The Bertz CT molecular complexity index is 1010. The quantitative estimate of drug-likeness (QED) is 0.503. The van der Waals surface area contributed by atoms with Crippen LogP contribution in [0.3, 0.4) is 0 Å². The molecule has 3 heterocycles. The summed E-state index contributed by atoms with van der Waals surface area (Å²) in [5, 5.41) is 2.15. The van der Waals surface area contributed by atoms with E-state index in [0.29, 0.717) is 5.75 Å². The second-order valence-corrected chi connectivity index (χ2v) is 9.00. The number of carbonyl (C=O) groups excluding carboxylic acids is 1. The van der Waals surface area contributed by atoms with Crippen LogP contribution in [0, 0.1) is 0 Å². The first-order chi connectivity index (χ1) is 12.7. The Balaban J connectivity index is 1.40. The van der Waals surface area contributed by atoms with Crippen molar-refractivity contribution >= 4 is 44.9 Å². The smallest absolute Gasteiger partial charge is 0.237 e. The molecule has 0 saturated heterocycles. The number of aryl methyl sites for hydroxylation is 2. The second-order valence-electron chi connectivity index (χ2n) is 6.95. The number of carbonyl (C=O) groups is 1. The zero-order valence-electron chi connectivity index (χ0n) is 14.6. The average Bonchev–Trinajstić information content (AvgIpc) is 3.30. The van der Waals surface area contributed by atoms with Gasteiger partial charge in [0.25, 0.3) is 0 Å². The SMILES string of the molecule is C[C@@H]1Cc2ccccc2N1C(=O)CSc1ncnc2sc3c(c12)CCC3. The van der Waals surface area contributed by atoms with E-state index in [4.69, 9.17) is 0 Å². The van der Waals surface area contributed by atoms with E-state index in [-0.39, 0.29) is 11.9 Å². The maximum absolute atomic E-state index is 13.0. The van der Waals surface area contributed by atoms with Gasteiger partial charge in [0.1, 0.15) is 16.2 Å². The van der Waals surface area contributed by atoms with Crippen LogP contribution < -0.4 is 4.90 Å². The normalized spacial score (nSPS) is 18.3. The molecule has 0 N–H and O–H groups in total. The molecule has 1 amide bonds. The van der Waals surface area contributed by atoms with Crippen LogP contribution in [0.2, 0.25) is 0 Å². The number of aromatic nitrogens is 2. The fourth-order valence-corrected chi connectivity index (χ4v) is 6.33. The number of amides is 1. The average molecular weight is 382 g/mol. The lowest BCUT2D eigenvalue weighted by Gasteiger charge is -2.22. The number of fused-ring (bicyclic) bond motifs is 4. The van der Waals surface area contributed by atoms with Gasteiger partial charge in [0.2, 0.25) is 5.91 Å². The summed E-state index contributed by atoms with van der Waals surface area (Å²) in [6, 6.07) is 8.44. The molecule has 0 bridgehead atoms. The maximum atomic E-state index is 13.0. The summed E-state index contributed by atoms with van der Waals surface area (Å²) in [4.78, 5) is 26.4. The van der Waals surface area contributed by atoms with Gasteiger partial charge in [0.15, 0.2) is 0 Å². The molecule has 0 saturated carbocycles. The minimum atomic E-state index is 0.158. The minimum absolute atomic E-state index is 0.158. The molecule has 4 nitrogen and oxygen atoms in total. The fraction of sp³-hybridized carbons (Fsp3) is 0.350. The Labute approximate surface area is 160 Å². The van der Waals surface area contributed by atoms with Crippen LogP contribution in [0.25, 0.3) is 10.2 Å². The summed E-state index contributed by atoms with van der Waals surface area (Å²) < 4.78 is 0. The second kappa shape index (κ2) is 6.35. The number of rotatable bonds is 3. The largest absolute Gasteiger partial charge is 0.308 e. The molecule has 2 aromatic heterocycles. The fourth-order valence-electron chi connectivity index (χ4n) is 4.15. The molecule has 0 unspecified atom stereocenters. The molecule has 5 rings (SSSR count). The summed E-state index contributed by atoms with van der Waals surface area (Å²) >= 11 is 3.35. The van der Waals surface area contributed by atoms with E-state index in [9.17, 15) is 4.79 Å². The number of benzene rings is 1. The zero-order chi connectivity index (χ0) is 17.7. The lowest BCUT2D eigenvalue weighted by molar-refractivity contribution is -0.116. The number of nitrogens with zero attached hydrogens (tertiary/aromatic N) is 3. The summed E-state index contributed by atoms with van der Waals surface area (Å²) in [5.74, 6) is 0.571. The molecule has 1 aliphatic carbocycles. The van der Waals surface area contributed by atoms with Crippen LogP contribution in [0.15, 0.2) is 35.6 Å². The maximum Gasteiger partial charge on any atom is 0.237 e. The summed E-state index contributed by atoms with van der Waals surface area (Å²) in [7, 11) is 0. The van der Waals surface area contributed by atoms with E-state index in [1.54, 1.807) is 29.4 Å². The predicted octanol–water partition coefficient (Wildman–Crippen LogP) is 4.25. The van der Waals surface area contributed by atoms with Gasteiger partial charge in [-0.15, -0.1) is 11.3 Å². The summed E-state index contributed by atoms with van der Waals surface area (Å²) in [6.45, 7) is 2.12. The Hall–Kier alpha value is -1.92. The number of hydrogen-bond acceptors (Lipinski definition) is 5. The van der Waals surface area contributed by atoms with Crippen molar-refractivity contribution in [2.24, 2.45) is 0 Å². The Morgan fingerprint density at radius 2 is 2.19 bits per heavy atom. The predicted molar refractivity (Wildman–Crippen MR) is 107 cm³/mol. The van der Waals surface area contributed by atoms with E-state index < -0.39 is 0 Å². The van der Waals surface area contributed by atoms with Gasteiger partial charge < -0.3 is 4.90 Å². The number of anilines is 1. The highest BCUT2D eigenvalue weighted by atomic mass is 32.2. The molecule has 1 aliphatic heterocycles. The molecule has 132 valence electrons. The van der Waals surface area contributed by atoms with Gasteiger partial charge in [-0.3, -0.25) is 4.79 Å². The Kier molecular flexibility index (Phi) is 3.98. The third kappa shape index (κ3) is 2.55. The third-order valence-corrected chi connectivity index (χ3v) is 7.45. The first kappa shape index (κ1) is 16.3. The highest BCUT2D eigenvalue weighted by molar-refractivity contribution is 8.00. The zero-order valence-corrected chi connectivity index (χ0v) is 16.2. The molecule has 1 atom stereocenters. The molecular formula is C20H19N3OS2. The molecule has 0 radical (unpaired) electrons. The van der Waals surface area contributed by atoms with Crippen LogP contribution in [0.4, 0.5) is 5.69 Å². The number of hydrogen-bond donors (Lipinski definition) is 0. The van der Waals surface area contributed by atoms with Crippen LogP contribution in [-0.2, 0) is 24.1 Å². The van der Waals surface area contributed by atoms with E-state index in [2.05, 4.69) is 29.0 Å². The lowest BCUT2D eigenvalue weighted by atomic mass is 10.1. The summed E-state index contributed by atoms with van der Waals surface area (Å²) in [6.07, 6.45) is 6.05. The van der Waals surface area contributed by atoms with Crippen LogP contribution in [0.5, 0.6) is 0 Å². The van der Waals surface area contributed by atoms with Crippen LogP contribution in [0.1, 0.15) is 29.3 Å². The van der Waals surface area contributed by atoms with Crippen molar-refractivity contribution in [2.75, 3.05) is 10.7 Å². The molecule has 0 spiro atoms. The number of para-hydroxylation sites is 1. The van der Waals surface area contributed by atoms with E-state index in [0.717, 1.165) is 34.8 Å². The molecule has 2 aliphatic rings. The molecule has 26 heavy (non-hydrogen) atoms. The van der Waals surface area contributed by atoms with Gasteiger partial charge in [-0.2, -0.15) is 0 Å². The first-order valence-electron chi connectivity index (χ1n) is 9.00. The molecule has 1 aromatic carbocycles. The standard InChI is InChI=1S/C20H19N3OS2/c1-12-9-13-5-2-3-7-15(13)23(12)17(24)10-25-19-18-14-6-4-8-16(14)26-20(18)22-11-21-19/h2-3,5,7,11-12H,4,6,8-10H2,1H3/t12-/m1/s1. The minimum Gasteiger partial charge on any atom is -0.308 e. The van der Waals surface area contributed by atoms with Crippen LogP contribution in [-0.4, -0.2) is 27.7 Å². The van der Waals surface area contributed by atoms with Crippen molar-refractivity contribution < 1.29 is 4.79 Å². The van der Waals surface area contributed by atoms with Gasteiger partial charge in [0, 0.05) is 22.0 Å². The molecule has 6 heteroatoms. The van der Waals surface area contributed by atoms with Crippen molar-refractivity contribution in [3.63, 3.8) is 0 Å². The lowest BCUT2D eigenvalue weighted by Crippen LogP contribution is -2.37. The monoisotopic (exact) mass is 381 g/mol. The van der Waals surface area contributed by atoms with E-state index in [1.807, 2.05) is 17.0 Å². The van der Waals surface area contributed by atoms with Crippen molar-refractivity contribution in [3.05, 3.63) is 46.6 Å². The van der Waals surface area contributed by atoms with Gasteiger partial charge in [0.05, 0.1) is 5.75 Å². The number of thiophene rings is 1. The van der Waals surface area contributed by atoms with Crippen LogP contribution >= 0.6 is 23.1 Å². The molecule has 3 aromatic rings.